The Morgan fingerprint density at radius 1 is 1.21 bits per heavy atom. The zero-order valence-electron chi connectivity index (χ0n) is 10.5. The van der Waals surface area contributed by atoms with Crippen molar-refractivity contribution in [3.8, 4) is 11.6 Å². The highest BCUT2D eigenvalue weighted by atomic mass is 35.5. The number of hydrogen-bond acceptors (Lipinski definition) is 3. The molecule has 0 saturated carbocycles. The Morgan fingerprint density at radius 2 is 2.05 bits per heavy atom. The first-order valence-electron chi connectivity index (χ1n) is 6.41. The SMILES string of the molecule is NCc1ccnc(Oc2ccc3c(c2)CCC3)c1Cl. The number of hydrogen-bond donors (Lipinski definition) is 1. The molecule has 98 valence electrons. The van der Waals surface area contributed by atoms with Crippen LogP contribution in [0.5, 0.6) is 11.6 Å². The summed E-state index contributed by atoms with van der Waals surface area (Å²) in [5.41, 5.74) is 9.24. The van der Waals surface area contributed by atoms with E-state index in [4.69, 9.17) is 22.1 Å². The number of aryl methyl sites for hydroxylation is 2. The monoisotopic (exact) mass is 274 g/mol. The third-order valence-corrected chi connectivity index (χ3v) is 3.85. The quantitative estimate of drug-likeness (QED) is 0.932. The summed E-state index contributed by atoms with van der Waals surface area (Å²) in [5.74, 6) is 1.20. The van der Waals surface area contributed by atoms with Gasteiger partial charge < -0.3 is 10.5 Å². The first kappa shape index (κ1) is 12.5. The number of halogens is 1. The molecule has 0 amide bonds. The van der Waals surface area contributed by atoms with E-state index < -0.39 is 0 Å². The largest absolute Gasteiger partial charge is 0.438 e. The molecule has 0 radical (unpaired) electrons. The minimum atomic E-state index is 0.377. The number of pyridine rings is 1. The second-order valence-electron chi connectivity index (χ2n) is 4.68. The van der Waals surface area contributed by atoms with E-state index in [2.05, 4.69) is 17.1 Å². The predicted molar refractivity (Wildman–Crippen MR) is 75.7 cm³/mol. The molecule has 3 nitrogen and oxygen atoms in total. The van der Waals surface area contributed by atoms with Gasteiger partial charge in [0.2, 0.25) is 5.88 Å². The van der Waals surface area contributed by atoms with Crippen molar-refractivity contribution in [3.63, 3.8) is 0 Å². The molecule has 0 atom stereocenters. The maximum absolute atomic E-state index is 6.21. The molecule has 1 heterocycles. The molecular formula is C15H15ClN2O. The van der Waals surface area contributed by atoms with Crippen molar-refractivity contribution in [1.82, 2.24) is 4.98 Å². The van der Waals surface area contributed by atoms with Crippen molar-refractivity contribution < 1.29 is 4.74 Å². The zero-order chi connectivity index (χ0) is 13.2. The van der Waals surface area contributed by atoms with Crippen molar-refractivity contribution in [2.45, 2.75) is 25.8 Å². The molecule has 2 aromatic rings. The molecule has 0 spiro atoms. The topological polar surface area (TPSA) is 48.1 Å². The Hall–Kier alpha value is -1.58. The second-order valence-corrected chi connectivity index (χ2v) is 5.06. The first-order valence-corrected chi connectivity index (χ1v) is 6.79. The number of fused-ring (bicyclic) bond motifs is 1. The van der Waals surface area contributed by atoms with Gasteiger partial charge in [-0.05, 0) is 54.2 Å². The lowest BCUT2D eigenvalue weighted by molar-refractivity contribution is 0.462. The molecule has 0 bridgehead atoms. The summed E-state index contributed by atoms with van der Waals surface area (Å²) in [6.07, 6.45) is 5.17. The average Bonchev–Trinajstić information content (AvgIpc) is 2.88. The van der Waals surface area contributed by atoms with Crippen LogP contribution in [0.15, 0.2) is 30.5 Å². The summed E-state index contributed by atoms with van der Waals surface area (Å²) in [7, 11) is 0. The van der Waals surface area contributed by atoms with Crippen molar-refractivity contribution >= 4 is 11.6 Å². The first-order chi connectivity index (χ1) is 9.28. The van der Waals surface area contributed by atoms with Gasteiger partial charge in [0.25, 0.3) is 0 Å². The summed E-state index contributed by atoms with van der Waals surface area (Å²) in [6, 6.07) is 7.98. The van der Waals surface area contributed by atoms with Gasteiger partial charge in [-0.25, -0.2) is 4.98 Å². The highest BCUT2D eigenvalue weighted by Gasteiger charge is 2.13. The summed E-state index contributed by atoms with van der Waals surface area (Å²) in [5, 5.41) is 0.491. The van der Waals surface area contributed by atoms with Crippen molar-refractivity contribution in [3.05, 3.63) is 52.2 Å². The minimum Gasteiger partial charge on any atom is -0.438 e. The molecular weight excluding hydrogens is 260 g/mol. The van der Waals surface area contributed by atoms with Crippen LogP contribution in [0.2, 0.25) is 5.02 Å². The normalized spacial score (nSPS) is 13.4. The van der Waals surface area contributed by atoms with Crippen LogP contribution in [0.1, 0.15) is 23.1 Å². The van der Waals surface area contributed by atoms with Gasteiger partial charge in [0.1, 0.15) is 10.8 Å². The molecule has 4 heteroatoms. The lowest BCUT2D eigenvalue weighted by atomic mass is 10.1. The van der Waals surface area contributed by atoms with Crippen molar-refractivity contribution in [1.29, 1.82) is 0 Å². The van der Waals surface area contributed by atoms with Gasteiger partial charge in [-0.15, -0.1) is 0 Å². The van der Waals surface area contributed by atoms with Crippen LogP contribution in [0.4, 0.5) is 0 Å². The Kier molecular flexibility index (Phi) is 3.40. The third kappa shape index (κ3) is 2.44. The molecule has 0 unspecified atom stereocenters. The number of rotatable bonds is 3. The van der Waals surface area contributed by atoms with Crippen LogP contribution in [-0.4, -0.2) is 4.98 Å². The maximum atomic E-state index is 6.21. The lowest BCUT2D eigenvalue weighted by Crippen LogP contribution is -1.99. The van der Waals surface area contributed by atoms with Gasteiger partial charge in [-0.2, -0.15) is 0 Å². The molecule has 19 heavy (non-hydrogen) atoms. The summed E-state index contributed by atoms with van der Waals surface area (Å²) in [6.45, 7) is 0.377. The van der Waals surface area contributed by atoms with E-state index in [1.165, 1.54) is 17.5 Å². The van der Waals surface area contributed by atoms with Gasteiger partial charge >= 0.3 is 0 Å². The van der Waals surface area contributed by atoms with E-state index >= 15 is 0 Å². The van der Waals surface area contributed by atoms with Gasteiger partial charge in [-0.1, -0.05) is 17.7 Å². The van der Waals surface area contributed by atoms with Gasteiger partial charge in [-0.3, -0.25) is 0 Å². The highest BCUT2D eigenvalue weighted by Crippen LogP contribution is 2.32. The van der Waals surface area contributed by atoms with E-state index in [9.17, 15) is 0 Å². The molecule has 1 aromatic carbocycles. The molecule has 1 aliphatic carbocycles. The van der Waals surface area contributed by atoms with Gasteiger partial charge in [0, 0.05) is 12.7 Å². The van der Waals surface area contributed by atoms with Crippen LogP contribution in [-0.2, 0) is 19.4 Å². The van der Waals surface area contributed by atoms with E-state index in [0.717, 1.165) is 24.2 Å². The summed E-state index contributed by atoms with van der Waals surface area (Å²) < 4.78 is 5.78. The van der Waals surface area contributed by atoms with Crippen LogP contribution in [0.3, 0.4) is 0 Å². The van der Waals surface area contributed by atoms with E-state index in [1.54, 1.807) is 12.3 Å². The standard InChI is InChI=1S/C15H15ClN2O/c16-14-12(9-17)6-7-18-15(14)19-13-5-4-10-2-1-3-11(10)8-13/h4-8H,1-3,9,17H2. The molecule has 0 aliphatic heterocycles. The Bertz CT molecular complexity index is 613. The molecule has 3 rings (SSSR count). The van der Waals surface area contributed by atoms with Crippen LogP contribution in [0, 0.1) is 0 Å². The van der Waals surface area contributed by atoms with Crippen molar-refractivity contribution in [2.24, 2.45) is 5.73 Å². The highest BCUT2D eigenvalue weighted by molar-refractivity contribution is 6.32. The Labute approximate surface area is 117 Å². The maximum Gasteiger partial charge on any atom is 0.238 e. The zero-order valence-corrected chi connectivity index (χ0v) is 11.3. The summed E-state index contributed by atoms with van der Waals surface area (Å²) in [4.78, 5) is 4.17. The van der Waals surface area contributed by atoms with Crippen LogP contribution < -0.4 is 10.5 Å². The second kappa shape index (κ2) is 5.19. The fourth-order valence-corrected chi connectivity index (χ4v) is 2.64. The third-order valence-electron chi connectivity index (χ3n) is 3.44. The number of aromatic nitrogens is 1. The molecule has 1 aliphatic rings. The number of ether oxygens (including phenoxy) is 1. The van der Waals surface area contributed by atoms with Gasteiger partial charge in [0.15, 0.2) is 0 Å². The molecule has 0 saturated heterocycles. The number of benzene rings is 1. The van der Waals surface area contributed by atoms with Crippen LogP contribution >= 0.6 is 11.6 Å². The number of nitrogens with two attached hydrogens (primary N) is 1. The predicted octanol–water partition coefficient (Wildman–Crippen LogP) is 3.47. The lowest BCUT2D eigenvalue weighted by Gasteiger charge is -2.10. The molecule has 1 aromatic heterocycles. The Balaban J connectivity index is 1.89. The summed E-state index contributed by atoms with van der Waals surface area (Å²) >= 11 is 6.21. The smallest absolute Gasteiger partial charge is 0.238 e. The Morgan fingerprint density at radius 3 is 2.89 bits per heavy atom. The number of nitrogens with zero attached hydrogens (tertiary/aromatic N) is 1. The van der Waals surface area contributed by atoms with E-state index in [1.807, 2.05) is 6.07 Å². The fraction of sp³-hybridized carbons (Fsp3) is 0.267. The van der Waals surface area contributed by atoms with E-state index in [-0.39, 0.29) is 0 Å². The molecule has 2 N–H and O–H groups in total. The average molecular weight is 275 g/mol. The van der Waals surface area contributed by atoms with E-state index in [0.29, 0.717) is 17.4 Å². The minimum absolute atomic E-state index is 0.377. The van der Waals surface area contributed by atoms with Gasteiger partial charge in [0.05, 0.1) is 0 Å². The molecule has 0 fully saturated rings. The fourth-order valence-electron chi connectivity index (χ4n) is 2.41. The van der Waals surface area contributed by atoms with Crippen LogP contribution in [0.25, 0.3) is 0 Å². The van der Waals surface area contributed by atoms with Crippen molar-refractivity contribution in [2.75, 3.05) is 0 Å².